The van der Waals surface area contributed by atoms with Gasteiger partial charge >= 0.3 is 0 Å². The predicted octanol–water partition coefficient (Wildman–Crippen LogP) is 3.10. The zero-order valence-corrected chi connectivity index (χ0v) is 15.0. The van der Waals surface area contributed by atoms with Crippen molar-refractivity contribution in [1.29, 1.82) is 0 Å². The monoisotopic (exact) mass is 380 g/mol. The Morgan fingerprint density at radius 2 is 1.64 bits per heavy atom. The lowest BCUT2D eigenvalue weighted by Crippen LogP contribution is -2.17. The van der Waals surface area contributed by atoms with Crippen LogP contribution in [0.2, 0.25) is 5.02 Å². The van der Waals surface area contributed by atoms with Crippen molar-refractivity contribution in [2.45, 2.75) is 18.2 Å². The summed E-state index contributed by atoms with van der Waals surface area (Å²) in [6.45, 7) is 1.38. The number of rotatable bonds is 6. The summed E-state index contributed by atoms with van der Waals surface area (Å²) < 4.78 is 24.5. The highest BCUT2D eigenvalue weighted by Gasteiger charge is 2.17. The standard InChI is InChI=1S/C17H17ClN2O4S/c1-12(21)19-14-5-3-6-15(11-14)20-17(22)8-9-25(23,24)16-7-2-4-13(18)10-16/h2-7,10-11H,8-9H2,1H3,(H,19,21)(H,20,22). The number of benzene rings is 2. The molecule has 0 saturated heterocycles. The molecule has 2 aromatic carbocycles. The highest BCUT2D eigenvalue weighted by atomic mass is 35.5. The molecule has 0 heterocycles. The summed E-state index contributed by atoms with van der Waals surface area (Å²) in [5.41, 5.74) is 1.01. The maximum Gasteiger partial charge on any atom is 0.225 e. The molecule has 0 aromatic heterocycles. The van der Waals surface area contributed by atoms with Crippen molar-refractivity contribution in [3.05, 3.63) is 53.6 Å². The first-order chi connectivity index (χ1) is 11.8. The Morgan fingerprint density at radius 3 is 2.28 bits per heavy atom. The Hall–Kier alpha value is -2.38. The van der Waals surface area contributed by atoms with Gasteiger partial charge in [0.1, 0.15) is 0 Å². The van der Waals surface area contributed by atoms with E-state index in [1.165, 1.54) is 19.1 Å². The fourth-order valence-corrected chi connectivity index (χ4v) is 3.64. The summed E-state index contributed by atoms with van der Waals surface area (Å²) in [6.07, 6.45) is -0.195. The van der Waals surface area contributed by atoms with Gasteiger partial charge in [-0.2, -0.15) is 0 Å². The van der Waals surface area contributed by atoms with Gasteiger partial charge in [0.05, 0.1) is 10.6 Å². The van der Waals surface area contributed by atoms with Gasteiger partial charge in [-0.05, 0) is 36.4 Å². The van der Waals surface area contributed by atoms with Crippen molar-refractivity contribution in [2.24, 2.45) is 0 Å². The Kier molecular flexibility index (Phi) is 6.17. The number of amides is 2. The molecule has 132 valence electrons. The van der Waals surface area contributed by atoms with Crippen molar-refractivity contribution in [3.8, 4) is 0 Å². The Balaban J connectivity index is 1.98. The van der Waals surface area contributed by atoms with Crippen LogP contribution in [-0.4, -0.2) is 26.0 Å². The number of halogens is 1. The van der Waals surface area contributed by atoms with Gasteiger partial charge in [0.2, 0.25) is 11.8 Å². The van der Waals surface area contributed by atoms with E-state index in [2.05, 4.69) is 10.6 Å². The van der Waals surface area contributed by atoms with E-state index >= 15 is 0 Å². The molecule has 2 aromatic rings. The van der Waals surface area contributed by atoms with Crippen molar-refractivity contribution < 1.29 is 18.0 Å². The lowest BCUT2D eigenvalue weighted by molar-refractivity contribution is -0.116. The highest BCUT2D eigenvalue weighted by Crippen LogP contribution is 2.18. The van der Waals surface area contributed by atoms with Crippen LogP contribution in [0.3, 0.4) is 0 Å². The van der Waals surface area contributed by atoms with Gasteiger partial charge in [0, 0.05) is 29.7 Å². The average molecular weight is 381 g/mol. The third-order valence-corrected chi connectivity index (χ3v) is 5.17. The van der Waals surface area contributed by atoms with Crippen LogP contribution in [-0.2, 0) is 19.4 Å². The van der Waals surface area contributed by atoms with Crippen LogP contribution in [0.25, 0.3) is 0 Å². The molecular weight excluding hydrogens is 364 g/mol. The number of carbonyl (C=O) groups is 2. The number of carbonyl (C=O) groups excluding carboxylic acids is 2. The molecule has 0 saturated carbocycles. The van der Waals surface area contributed by atoms with E-state index in [0.29, 0.717) is 16.4 Å². The predicted molar refractivity (Wildman–Crippen MR) is 97.5 cm³/mol. The molecular formula is C17H17ClN2O4S. The van der Waals surface area contributed by atoms with E-state index in [4.69, 9.17) is 11.6 Å². The van der Waals surface area contributed by atoms with Gasteiger partial charge in [0.25, 0.3) is 0 Å². The van der Waals surface area contributed by atoms with Crippen LogP contribution in [0.1, 0.15) is 13.3 Å². The van der Waals surface area contributed by atoms with Gasteiger partial charge in [-0.15, -0.1) is 0 Å². The maximum atomic E-state index is 12.2. The summed E-state index contributed by atoms with van der Waals surface area (Å²) in [7, 11) is -3.60. The maximum absolute atomic E-state index is 12.2. The largest absolute Gasteiger partial charge is 0.326 e. The van der Waals surface area contributed by atoms with Crippen LogP contribution in [0, 0.1) is 0 Å². The number of hydrogen-bond donors (Lipinski definition) is 2. The van der Waals surface area contributed by atoms with Crippen molar-refractivity contribution >= 4 is 44.6 Å². The second-order valence-corrected chi connectivity index (χ2v) is 7.88. The highest BCUT2D eigenvalue weighted by molar-refractivity contribution is 7.91. The number of sulfone groups is 1. The minimum Gasteiger partial charge on any atom is -0.326 e. The minimum atomic E-state index is -3.60. The molecule has 0 aliphatic rings. The van der Waals surface area contributed by atoms with Crippen LogP contribution in [0.15, 0.2) is 53.4 Å². The zero-order chi connectivity index (χ0) is 18.4. The van der Waals surface area contributed by atoms with Gasteiger partial charge in [0.15, 0.2) is 9.84 Å². The molecule has 0 aliphatic carbocycles. The summed E-state index contributed by atoms with van der Waals surface area (Å²) in [4.78, 5) is 23.1. The SMILES string of the molecule is CC(=O)Nc1cccc(NC(=O)CCS(=O)(=O)c2cccc(Cl)c2)c1. The van der Waals surface area contributed by atoms with E-state index in [9.17, 15) is 18.0 Å². The lowest BCUT2D eigenvalue weighted by atomic mass is 10.2. The summed E-state index contributed by atoms with van der Waals surface area (Å²) in [5.74, 6) is -0.994. The van der Waals surface area contributed by atoms with E-state index in [1.807, 2.05) is 0 Å². The Bertz CT molecular complexity index is 897. The van der Waals surface area contributed by atoms with Gasteiger partial charge < -0.3 is 10.6 Å². The first kappa shape index (κ1) is 19.0. The molecule has 2 N–H and O–H groups in total. The topological polar surface area (TPSA) is 92.3 Å². The van der Waals surface area contributed by atoms with Gasteiger partial charge in [-0.3, -0.25) is 9.59 Å². The zero-order valence-electron chi connectivity index (χ0n) is 13.5. The van der Waals surface area contributed by atoms with E-state index in [1.54, 1.807) is 36.4 Å². The molecule has 0 fully saturated rings. The summed E-state index contributed by atoms with van der Waals surface area (Å²) in [5, 5.41) is 5.53. The number of nitrogens with one attached hydrogen (secondary N) is 2. The molecule has 2 rings (SSSR count). The summed E-state index contributed by atoms with van der Waals surface area (Å²) >= 11 is 5.80. The Morgan fingerprint density at radius 1 is 1.00 bits per heavy atom. The third kappa shape index (κ3) is 5.88. The fourth-order valence-electron chi connectivity index (χ4n) is 2.11. The normalized spacial score (nSPS) is 11.0. The molecule has 0 aliphatic heterocycles. The first-order valence-corrected chi connectivity index (χ1v) is 9.45. The Labute approximate surface area is 151 Å². The molecule has 0 radical (unpaired) electrons. The summed E-state index contributed by atoms with van der Waals surface area (Å²) in [6, 6.07) is 12.5. The van der Waals surface area contributed by atoms with E-state index < -0.39 is 15.7 Å². The smallest absolute Gasteiger partial charge is 0.225 e. The van der Waals surface area contributed by atoms with Crippen LogP contribution >= 0.6 is 11.6 Å². The molecule has 0 atom stereocenters. The van der Waals surface area contributed by atoms with Crippen LogP contribution < -0.4 is 10.6 Å². The van der Waals surface area contributed by atoms with E-state index in [-0.39, 0.29) is 23.0 Å². The molecule has 25 heavy (non-hydrogen) atoms. The average Bonchev–Trinajstić information content (AvgIpc) is 2.53. The van der Waals surface area contributed by atoms with Gasteiger partial charge in [-0.25, -0.2) is 8.42 Å². The number of anilines is 2. The molecule has 2 amide bonds. The van der Waals surface area contributed by atoms with Crippen LogP contribution in [0.4, 0.5) is 11.4 Å². The quantitative estimate of drug-likeness (QED) is 0.805. The van der Waals surface area contributed by atoms with Crippen LogP contribution in [0.5, 0.6) is 0 Å². The molecule has 6 nitrogen and oxygen atoms in total. The van der Waals surface area contributed by atoms with Crippen molar-refractivity contribution in [1.82, 2.24) is 0 Å². The minimum absolute atomic E-state index is 0.0838. The second kappa shape index (κ2) is 8.13. The molecule has 0 bridgehead atoms. The third-order valence-electron chi connectivity index (χ3n) is 3.22. The second-order valence-electron chi connectivity index (χ2n) is 5.34. The van der Waals surface area contributed by atoms with Crippen molar-refractivity contribution in [3.63, 3.8) is 0 Å². The number of hydrogen-bond acceptors (Lipinski definition) is 4. The van der Waals surface area contributed by atoms with E-state index in [0.717, 1.165) is 0 Å². The first-order valence-electron chi connectivity index (χ1n) is 7.42. The molecule has 0 spiro atoms. The fraction of sp³-hybridized carbons (Fsp3) is 0.176. The molecule has 0 unspecified atom stereocenters. The lowest BCUT2D eigenvalue weighted by Gasteiger charge is -2.08. The van der Waals surface area contributed by atoms with Crippen molar-refractivity contribution in [2.75, 3.05) is 16.4 Å². The van der Waals surface area contributed by atoms with Gasteiger partial charge in [-0.1, -0.05) is 23.7 Å². The molecule has 8 heteroatoms.